The van der Waals surface area contributed by atoms with Gasteiger partial charge in [0.05, 0.1) is 17.5 Å². The number of para-hydroxylation sites is 1. The van der Waals surface area contributed by atoms with E-state index in [1.165, 1.54) is 0 Å². The highest BCUT2D eigenvalue weighted by molar-refractivity contribution is 5.79. The van der Waals surface area contributed by atoms with E-state index in [1.54, 1.807) is 0 Å². The fourth-order valence-electron chi connectivity index (χ4n) is 2.76. The van der Waals surface area contributed by atoms with E-state index in [-0.39, 0.29) is 6.42 Å². The molecule has 2 aromatic carbocycles. The number of aliphatic carboxylic acids is 1. The molecule has 5 heteroatoms. The minimum atomic E-state index is -0.838. The normalized spacial score (nSPS) is 10.9. The molecule has 0 atom stereocenters. The Bertz CT molecular complexity index is 840. The second-order valence-corrected chi connectivity index (χ2v) is 5.67. The zero-order valence-electron chi connectivity index (χ0n) is 13.6. The first-order chi connectivity index (χ1) is 11.7. The lowest BCUT2D eigenvalue weighted by Gasteiger charge is -2.09. The van der Waals surface area contributed by atoms with Gasteiger partial charge in [0, 0.05) is 6.54 Å². The van der Waals surface area contributed by atoms with Crippen molar-refractivity contribution in [2.45, 2.75) is 32.9 Å². The van der Waals surface area contributed by atoms with Gasteiger partial charge in [0.15, 0.2) is 0 Å². The average Bonchev–Trinajstić information content (AvgIpc) is 2.91. The number of carboxylic acids is 1. The molecule has 0 bridgehead atoms. The molecule has 0 radical (unpaired) electrons. The Morgan fingerprint density at radius 3 is 2.71 bits per heavy atom. The van der Waals surface area contributed by atoms with Crippen LogP contribution < -0.4 is 4.74 Å². The molecule has 1 heterocycles. The predicted molar refractivity (Wildman–Crippen MR) is 92.1 cm³/mol. The molecule has 0 aliphatic heterocycles. The molecule has 124 valence electrons. The molecule has 0 fully saturated rings. The first kappa shape index (κ1) is 16.1. The number of rotatable bonds is 7. The Kier molecular flexibility index (Phi) is 4.79. The van der Waals surface area contributed by atoms with E-state index in [2.05, 4.69) is 16.5 Å². The van der Waals surface area contributed by atoms with Gasteiger partial charge in [-0.3, -0.25) is 4.79 Å². The lowest BCUT2D eigenvalue weighted by molar-refractivity contribution is -0.136. The molecule has 0 unspecified atom stereocenters. The second kappa shape index (κ2) is 7.17. The molecule has 0 aliphatic rings. The molecule has 0 amide bonds. The monoisotopic (exact) mass is 324 g/mol. The number of fused-ring (bicyclic) bond motifs is 1. The maximum absolute atomic E-state index is 10.9. The molecule has 1 aromatic heterocycles. The van der Waals surface area contributed by atoms with Gasteiger partial charge < -0.3 is 14.4 Å². The first-order valence-electron chi connectivity index (χ1n) is 8.05. The van der Waals surface area contributed by atoms with Gasteiger partial charge in [-0.2, -0.15) is 0 Å². The third-order valence-electron chi connectivity index (χ3n) is 3.81. The van der Waals surface area contributed by atoms with Crippen molar-refractivity contribution < 1.29 is 14.6 Å². The van der Waals surface area contributed by atoms with E-state index >= 15 is 0 Å². The van der Waals surface area contributed by atoms with Gasteiger partial charge in [0.1, 0.15) is 18.2 Å². The number of aryl methyl sites for hydroxylation is 1. The molecule has 24 heavy (non-hydrogen) atoms. The number of nitrogens with zero attached hydrogens (tertiary/aromatic N) is 2. The minimum Gasteiger partial charge on any atom is -0.486 e. The van der Waals surface area contributed by atoms with E-state index in [1.807, 2.05) is 48.5 Å². The van der Waals surface area contributed by atoms with Gasteiger partial charge >= 0.3 is 5.97 Å². The van der Waals surface area contributed by atoms with Crippen LogP contribution in [0, 0.1) is 0 Å². The quantitative estimate of drug-likeness (QED) is 0.720. The topological polar surface area (TPSA) is 64.4 Å². The van der Waals surface area contributed by atoms with E-state index in [0.29, 0.717) is 6.61 Å². The van der Waals surface area contributed by atoms with Crippen molar-refractivity contribution in [2.24, 2.45) is 0 Å². The Labute approximate surface area is 140 Å². The predicted octanol–water partition coefficient (Wildman–Crippen LogP) is 3.65. The number of hydrogen-bond donors (Lipinski definition) is 1. The number of benzene rings is 2. The van der Waals surface area contributed by atoms with Crippen LogP contribution in [0.3, 0.4) is 0 Å². The summed E-state index contributed by atoms with van der Waals surface area (Å²) in [6.45, 7) is 3.35. The number of aromatic nitrogens is 2. The summed E-state index contributed by atoms with van der Waals surface area (Å²) in [5, 5.41) is 8.95. The van der Waals surface area contributed by atoms with Crippen LogP contribution in [0.25, 0.3) is 11.0 Å². The standard InChI is InChI=1S/C19H20N2O3/c1-2-10-21-17-9-8-14(12-19(22)23)11-16(17)20-18(21)13-24-15-6-4-3-5-7-15/h3-9,11H,2,10,12-13H2,1H3,(H,22,23). The summed E-state index contributed by atoms with van der Waals surface area (Å²) in [5.41, 5.74) is 2.58. The van der Waals surface area contributed by atoms with E-state index in [4.69, 9.17) is 9.84 Å². The number of hydrogen-bond acceptors (Lipinski definition) is 3. The Morgan fingerprint density at radius 1 is 1.21 bits per heavy atom. The van der Waals surface area contributed by atoms with Crippen molar-refractivity contribution in [1.29, 1.82) is 0 Å². The van der Waals surface area contributed by atoms with Gasteiger partial charge in [-0.15, -0.1) is 0 Å². The third-order valence-corrected chi connectivity index (χ3v) is 3.81. The van der Waals surface area contributed by atoms with E-state index in [9.17, 15) is 4.79 Å². The highest BCUT2D eigenvalue weighted by Gasteiger charge is 2.12. The highest BCUT2D eigenvalue weighted by Crippen LogP contribution is 2.20. The molecular formula is C19H20N2O3. The van der Waals surface area contributed by atoms with Crippen molar-refractivity contribution in [3.05, 3.63) is 59.9 Å². The second-order valence-electron chi connectivity index (χ2n) is 5.67. The summed E-state index contributed by atoms with van der Waals surface area (Å²) in [5.74, 6) is 0.817. The Balaban J connectivity index is 1.90. The Morgan fingerprint density at radius 2 is 2.00 bits per heavy atom. The van der Waals surface area contributed by atoms with Gasteiger partial charge in [0.25, 0.3) is 0 Å². The van der Waals surface area contributed by atoms with Crippen LogP contribution in [0.5, 0.6) is 5.75 Å². The van der Waals surface area contributed by atoms with Crippen molar-refractivity contribution in [3.63, 3.8) is 0 Å². The van der Waals surface area contributed by atoms with Crippen LogP contribution in [0.4, 0.5) is 0 Å². The highest BCUT2D eigenvalue weighted by atomic mass is 16.5. The van der Waals surface area contributed by atoms with Crippen molar-refractivity contribution in [1.82, 2.24) is 9.55 Å². The summed E-state index contributed by atoms with van der Waals surface area (Å²) in [7, 11) is 0. The fourth-order valence-corrected chi connectivity index (χ4v) is 2.76. The lowest BCUT2D eigenvalue weighted by Crippen LogP contribution is -2.07. The molecule has 0 spiro atoms. The van der Waals surface area contributed by atoms with E-state index in [0.717, 1.165) is 41.1 Å². The average molecular weight is 324 g/mol. The van der Waals surface area contributed by atoms with Gasteiger partial charge in [-0.25, -0.2) is 4.98 Å². The van der Waals surface area contributed by atoms with Crippen molar-refractivity contribution in [2.75, 3.05) is 0 Å². The summed E-state index contributed by atoms with van der Waals surface area (Å²) >= 11 is 0. The molecule has 0 saturated carbocycles. The molecule has 0 saturated heterocycles. The summed E-state index contributed by atoms with van der Waals surface area (Å²) < 4.78 is 7.97. The summed E-state index contributed by atoms with van der Waals surface area (Å²) in [6.07, 6.45) is 0.993. The number of carboxylic acid groups (broad SMARTS) is 1. The molecule has 0 aliphatic carbocycles. The molecule has 3 rings (SSSR count). The van der Waals surface area contributed by atoms with Gasteiger partial charge in [-0.1, -0.05) is 31.2 Å². The molecule has 1 N–H and O–H groups in total. The summed E-state index contributed by atoms with van der Waals surface area (Å²) in [6, 6.07) is 15.3. The van der Waals surface area contributed by atoms with Gasteiger partial charge in [-0.05, 0) is 36.2 Å². The van der Waals surface area contributed by atoms with Crippen molar-refractivity contribution >= 4 is 17.0 Å². The first-order valence-corrected chi connectivity index (χ1v) is 8.05. The lowest BCUT2D eigenvalue weighted by atomic mass is 10.1. The van der Waals surface area contributed by atoms with Crippen molar-refractivity contribution in [3.8, 4) is 5.75 Å². The SMILES string of the molecule is CCCn1c(COc2ccccc2)nc2cc(CC(=O)O)ccc21. The van der Waals surface area contributed by atoms with Crippen LogP contribution in [-0.4, -0.2) is 20.6 Å². The minimum absolute atomic E-state index is 0.00638. The number of ether oxygens (including phenoxy) is 1. The number of carbonyl (C=O) groups is 1. The Hall–Kier alpha value is -2.82. The van der Waals surface area contributed by atoms with Crippen LogP contribution in [0.2, 0.25) is 0 Å². The summed E-state index contributed by atoms with van der Waals surface area (Å²) in [4.78, 5) is 15.6. The molecule has 3 aromatic rings. The maximum atomic E-state index is 10.9. The fraction of sp³-hybridized carbons (Fsp3) is 0.263. The molecular weight excluding hydrogens is 304 g/mol. The number of imidazole rings is 1. The smallest absolute Gasteiger partial charge is 0.307 e. The van der Waals surface area contributed by atoms with E-state index < -0.39 is 5.97 Å². The zero-order valence-corrected chi connectivity index (χ0v) is 13.6. The van der Waals surface area contributed by atoms with Crippen LogP contribution in [0.15, 0.2) is 48.5 Å². The van der Waals surface area contributed by atoms with Crippen LogP contribution >= 0.6 is 0 Å². The largest absolute Gasteiger partial charge is 0.486 e. The van der Waals surface area contributed by atoms with Crippen LogP contribution in [-0.2, 0) is 24.4 Å². The molecule has 5 nitrogen and oxygen atoms in total. The third kappa shape index (κ3) is 3.56. The zero-order chi connectivity index (χ0) is 16.9. The maximum Gasteiger partial charge on any atom is 0.307 e. The van der Waals surface area contributed by atoms with Crippen LogP contribution in [0.1, 0.15) is 24.7 Å². The van der Waals surface area contributed by atoms with Gasteiger partial charge in [0.2, 0.25) is 0 Å².